The molecule has 94 valence electrons. The molecule has 18 heavy (non-hydrogen) atoms. The maximum absolute atomic E-state index is 12.1. The number of hydrogen-bond acceptors (Lipinski definition) is 3. The lowest BCUT2D eigenvalue weighted by Crippen LogP contribution is -2.12. The van der Waals surface area contributed by atoms with Crippen molar-refractivity contribution >= 4 is 45.0 Å². The Morgan fingerprint density at radius 1 is 1.39 bits per heavy atom. The first-order chi connectivity index (χ1) is 8.58. The van der Waals surface area contributed by atoms with E-state index in [1.165, 1.54) is 16.2 Å². The predicted octanol–water partition coefficient (Wildman–Crippen LogP) is 4.12. The van der Waals surface area contributed by atoms with Crippen LogP contribution in [0, 0.1) is 3.57 Å². The molecule has 0 unspecified atom stereocenters. The van der Waals surface area contributed by atoms with Crippen LogP contribution in [0.25, 0.3) is 0 Å². The number of thiazole rings is 1. The number of benzene rings is 1. The molecule has 0 atom stereocenters. The van der Waals surface area contributed by atoms with Gasteiger partial charge < -0.3 is 0 Å². The number of anilines is 1. The zero-order valence-electron chi connectivity index (χ0n) is 10.1. The first-order valence-electron chi connectivity index (χ1n) is 5.59. The number of hydrogen-bond donors (Lipinski definition) is 1. The van der Waals surface area contributed by atoms with E-state index < -0.39 is 0 Å². The molecule has 0 bridgehead atoms. The summed E-state index contributed by atoms with van der Waals surface area (Å²) >= 11 is 3.68. The normalized spacial score (nSPS) is 10.7. The minimum absolute atomic E-state index is 0.107. The van der Waals surface area contributed by atoms with Crippen LogP contribution in [0.5, 0.6) is 0 Å². The highest BCUT2D eigenvalue weighted by atomic mass is 127. The monoisotopic (exact) mass is 372 g/mol. The van der Waals surface area contributed by atoms with Crippen LogP contribution in [0.15, 0.2) is 30.5 Å². The number of amides is 1. The van der Waals surface area contributed by atoms with Crippen LogP contribution in [-0.4, -0.2) is 10.9 Å². The van der Waals surface area contributed by atoms with Crippen molar-refractivity contribution in [1.82, 2.24) is 4.98 Å². The van der Waals surface area contributed by atoms with Crippen LogP contribution in [0.1, 0.15) is 35.0 Å². The van der Waals surface area contributed by atoms with Gasteiger partial charge in [0.15, 0.2) is 5.13 Å². The van der Waals surface area contributed by atoms with Crippen LogP contribution in [0.3, 0.4) is 0 Å². The van der Waals surface area contributed by atoms with Gasteiger partial charge in [-0.3, -0.25) is 10.1 Å². The number of nitrogens with one attached hydrogen (secondary N) is 1. The third kappa shape index (κ3) is 3.08. The Hall–Kier alpha value is -0.950. The summed E-state index contributed by atoms with van der Waals surface area (Å²) in [7, 11) is 0. The van der Waals surface area contributed by atoms with Crippen LogP contribution >= 0.6 is 33.9 Å². The van der Waals surface area contributed by atoms with Gasteiger partial charge in [-0.2, -0.15) is 0 Å². The van der Waals surface area contributed by atoms with Crippen molar-refractivity contribution in [3.8, 4) is 0 Å². The van der Waals surface area contributed by atoms with Gasteiger partial charge in [0.05, 0.1) is 5.56 Å². The fourth-order valence-electron chi connectivity index (χ4n) is 1.42. The van der Waals surface area contributed by atoms with Crippen molar-refractivity contribution in [3.63, 3.8) is 0 Å². The summed E-state index contributed by atoms with van der Waals surface area (Å²) in [5.74, 6) is 0.328. The molecule has 0 aliphatic rings. The topological polar surface area (TPSA) is 42.0 Å². The van der Waals surface area contributed by atoms with E-state index in [2.05, 4.69) is 46.7 Å². The standard InChI is InChI=1S/C13H13IN2OS/c1-8(2)11-7-15-13(18-11)16-12(17)9-5-3-4-6-10(9)14/h3-8H,1-2H3,(H,15,16,17). The third-order valence-electron chi connectivity index (χ3n) is 2.43. The molecule has 1 aromatic heterocycles. The lowest BCUT2D eigenvalue weighted by molar-refractivity contribution is 0.102. The summed E-state index contributed by atoms with van der Waals surface area (Å²) in [5, 5.41) is 3.49. The smallest absolute Gasteiger partial charge is 0.258 e. The SMILES string of the molecule is CC(C)c1cnc(NC(=O)c2ccccc2I)s1. The van der Waals surface area contributed by atoms with Crippen LogP contribution in [-0.2, 0) is 0 Å². The molecule has 0 radical (unpaired) electrons. The lowest BCUT2D eigenvalue weighted by Gasteiger charge is -2.03. The molecule has 0 aliphatic heterocycles. The Kier molecular flexibility index (Phi) is 4.34. The molecule has 0 saturated heterocycles. The first kappa shape index (κ1) is 13.5. The minimum atomic E-state index is -0.107. The molecule has 1 aromatic carbocycles. The average molecular weight is 372 g/mol. The van der Waals surface area contributed by atoms with Crippen molar-refractivity contribution < 1.29 is 4.79 Å². The fourth-order valence-corrected chi connectivity index (χ4v) is 2.87. The second-order valence-corrected chi connectivity index (χ2v) is 6.38. The summed E-state index contributed by atoms with van der Waals surface area (Å²) < 4.78 is 0.938. The van der Waals surface area contributed by atoms with Crippen LogP contribution < -0.4 is 5.32 Å². The molecule has 2 aromatic rings. The van der Waals surface area contributed by atoms with E-state index in [1.807, 2.05) is 30.5 Å². The highest BCUT2D eigenvalue weighted by molar-refractivity contribution is 14.1. The van der Waals surface area contributed by atoms with Crippen LogP contribution in [0.2, 0.25) is 0 Å². The van der Waals surface area contributed by atoms with E-state index in [0.29, 0.717) is 16.6 Å². The van der Waals surface area contributed by atoms with Crippen molar-refractivity contribution in [2.24, 2.45) is 0 Å². The van der Waals surface area contributed by atoms with Crippen molar-refractivity contribution in [2.45, 2.75) is 19.8 Å². The number of halogens is 1. The molecule has 1 heterocycles. The van der Waals surface area contributed by atoms with E-state index in [9.17, 15) is 4.79 Å². The molecule has 0 fully saturated rings. The van der Waals surface area contributed by atoms with Crippen LogP contribution in [0.4, 0.5) is 5.13 Å². The van der Waals surface area contributed by atoms with Gasteiger partial charge in [0.1, 0.15) is 0 Å². The molecule has 0 saturated carbocycles. The highest BCUT2D eigenvalue weighted by Gasteiger charge is 2.12. The van der Waals surface area contributed by atoms with E-state index in [0.717, 1.165) is 3.57 Å². The zero-order valence-corrected chi connectivity index (χ0v) is 13.1. The average Bonchev–Trinajstić information content (AvgIpc) is 2.78. The Bertz CT molecular complexity index is 566. The minimum Gasteiger partial charge on any atom is -0.298 e. The van der Waals surface area contributed by atoms with Crippen molar-refractivity contribution in [2.75, 3.05) is 5.32 Å². The summed E-state index contributed by atoms with van der Waals surface area (Å²) in [5.41, 5.74) is 0.680. The second kappa shape index (κ2) is 5.79. The number of carbonyl (C=O) groups excluding carboxylic acids is 1. The molecular weight excluding hydrogens is 359 g/mol. The summed E-state index contributed by atoms with van der Waals surface area (Å²) in [6.45, 7) is 4.22. The molecule has 5 heteroatoms. The number of rotatable bonds is 3. The maximum Gasteiger partial charge on any atom is 0.258 e. The van der Waals surface area contributed by atoms with Gasteiger partial charge in [-0.15, -0.1) is 11.3 Å². The number of nitrogens with zero attached hydrogens (tertiary/aromatic N) is 1. The predicted molar refractivity (Wildman–Crippen MR) is 83.3 cm³/mol. The molecule has 1 N–H and O–H groups in total. The molecule has 2 rings (SSSR count). The van der Waals surface area contributed by atoms with Gasteiger partial charge in [0, 0.05) is 14.6 Å². The summed E-state index contributed by atoms with van der Waals surface area (Å²) in [4.78, 5) is 17.5. The molecule has 0 aliphatic carbocycles. The van der Waals surface area contributed by atoms with E-state index in [1.54, 1.807) is 0 Å². The quantitative estimate of drug-likeness (QED) is 0.824. The van der Waals surface area contributed by atoms with Gasteiger partial charge in [-0.05, 0) is 40.6 Å². The van der Waals surface area contributed by atoms with Gasteiger partial charge in [-0.1, -0.05) is 26.0 Å². The molecular formula is C13H13IN2OS. The Balaban J connectivity index is 2.14. The van der Waals surface area contributed by atoms with E-state index in [-0.39, 0.29) is 5.91 Å². The highest BCUT2D eigenvalue weighted by Crippen LogP contribution is 2.25. The summed E-state index contributed by atoms with van der Waals surface area (Å²) in [6.07, 6.45) is 1.82. The van der Waals surface area contributed by atoms with Gasteiger partial charge in [0.2, 0.25) is 0 Å². The zero-order chi connectivity index (χ0) is 13.1. The largest absolute Gasteiger partial charge is 0.298 e. The van der Waals surface area contributed by atoms with Gasteiger partial charge >= 0.3 is 0 Å². The van der Waals surface area contributed by atoms with Gasteiger partial charge in [0.25, 0.3) is 5.91 Å². The maximum atomic E-state index is 12.1. The number of carbonyl (C=O) groups is 1. The molecule has 1 amide bonds. The third-order valence-corrected chi connectivity index (χ3v) is 4.59. The lowest BCUT2D eigenvalue weighted by atomic mass is 10.2. The van der Waals surface area contributed by atoms with E-state index in [4.69, 9.17) is 0 Å². The summed E-state index contributed by atoms with van der Waals surface area (Å²) in [6, 6.07) is 7.50. The molecule has 3 nitrogen and oxygen atoms in total. The Morgan fingerprint density at radius 3 is 2.72 bits per heavy atom. The second-order valence-electron chi connectivity index (χ2n) is 4.16. The Morgan fingerprint density at radius 2 is 2.11 bits per heavy atom. The Labute approximate surface area is 124 Å². The first-order valence-corrected chi connectivity index (χ1v) is 7.49. The van der Waals surface area contributed by atoms with E-state index >= 15 is 0 Å². The van der Waals surface area contributed by atoms with Gasteiger partial charge in [-0.25, -0.2) is 4.98 Å². The van der Waals surface area contributed by atoms with Crippen molar-refractivity contribution in [1.29, 1.82) is 0 Å². The number of aromatic nitrogens is 1. The van der Waals surface area contributed by atoms with Crippen molar-refractivity contribution in [3.05, 3.63) is 44.5 Å². The molecule has 0 spiro atoms. The fraction of sp³-hybridized carbons (Fsp3) is 0.231.